The lowest BCUT2D eigenvalue weighted by molar-refractivity contribution is -0.133. The van der Waals surface area contributed by atoms with Gasteiger partial charge in [0.25, 0.3) is 5.91 Å². The average Bonchev–Trinajstić information content (AvgIpc) is 2.66. The number of nitrogens with one attached hydrogen (secondary N) is 2. The fourth-order valence-electron chi connectivity index (χ4n) is 2.01. The van der Waals surface area contributed by atoms with E-state index in [2.05, 4.69) is 33.2 Å². The number of anilines is 1. The van der Waals surface area contributed by atoms with Crippen molar-refractivity contribution in [2.45, 2.75) is 25.8 Å². The van der Waals surface area contributed by atoms with Crippen molar-refractivity contribution in [1.82, 2.24) is 10.2 Å². The van der Waals surface area contributed by atoms with Gasteiger partial charge < -0.3 is 10.6 Å². The molecule has 0 unspecified atom stereocenters. The van der Waals surface area contributed by atoms with E-state index < -0.39 is 17.5 Å². The number of nitrogens with zero attached hydrogens (tertiary/aromatic N) is 1. The van der Waals surface area contributed by atoms with Crippen LogP contribution in [-0.4, -0.2) is 34.8 Å². The van der Waals surface area contributed by atoms with Gasteiger partial charge in [0.15, 0.2) is 0 Å². The maximum Gasteiger partial charge on any atom is 0.325 e. The molecule has 4 amide bonds. The lowest BCUT2D eigenvalue weighted by Crippen LogP contribution is -2.44. The number of amides is 4. The largest absolute Gasteiger partial charge is 0.325 e. The van der Waals surface area contributed by atoms with Crippen molar-refractivity contribution < 1.29 is 14.4 Å². The summed E-state index contributed by atoms with van der Waals surface area (Å²) >= 11 is 2.17. The predicted octanol–water partition coefficient (Wildman–Crippen LogP) is 1.95. The summed E-state index contributed by atoms with van der Waals surface area (Å²) < 4.78 is 1.05. The summed E-state index contributed by atoms with van der Waals surface area (Å²) in [4.78, 5) is 36.9. The van der Waals surface area contributed by atoms with E-state index in [9.17, 15) is 14.4 Å². The molecule has 0 aromatic heterocycles. The third kappa shape index (κ3) is 3.34. The van der Waals surface area contributed by atoms with Crippen LogP contribution in [0.3, 0.4) is 0 Å². The summed E-state index contributed by atoms with van der Waals surface area (Å²) in [6, 6.07) is 6.72. The fourth-order valence-corrected chi connectivity index (χ4v) is 2.37. The monoisotopic (exact) mass is 401 g/mol. The molecule has 0 saturated carbocycles. The molecule has 21 heavy (non-hydrogen) atoms. The van der Waals surface area contributed by atoms with Crippen LogP contribution < -0.4 is 10.6 Å². The molecule has 6 nitrogen and oxygen atoms in total. The van der Waals surface area contributed by atoms with E-state index in [-0.39, 0.29) is 12.5 Å². The molecular weight excluding hydrogens is 385 g/mol. The molecule has 1 fully saturated rings. The van der Waals surface area contributed by atoms with E-state index >= 15 is 0 Å². The molecular formula is C14H16IN3O3. The second-order valence-electron chi connectivity index (χ2n) is 5.06. The second-order valence-corrected chi connectivity index (χ2v) is 6.31. The zero-order valence-electron chi connectivity index (χ0n) is 11.8. The molecule has 7 heteroatoms. The highest BCUT2D eigenvalue weighted by atomic mass is 127. The van der Waals surface area contributed by atoms with Gasteiger partial charge in [-0.05, 0) is 60.2 Å². The molecule has 0 bridgehead atoms. The Kier molecular flexibility index (Phi) is 4.50. The fraction of sp³-hybridized carbons (Fsp3) is 0.357. The first kappa shape index (κ1) is 15.7. The molecule has 0 spiro atoms. The molecule has 1 aromatic carbocycles. The molecule has 1 heterocycles. The molecule has 1 atom stereocenters. The third-order valence-electron chi connectivity index (χ3n) is 3.48. The zero-order valence-corrected chi connectivity index (χ0v) is 13.9. The molecule has 0 radical (unpaired) electrons. The van der Waals surface area contributed by atoms with E-state index in [4.69, 9.17) is 0 Å². The third-order valence-corrected chi connectivity index (χ3v) is 4.20. The lowest BCUT2D eigenvalue weighted by atomic mass is 9.99. The highest BCUT2D eigenvalue weighted by Crippen LogP contribution is 2.20. The Bertz CT molecular complexity index is 588. The summed E-state index contributed by atoms with van der Waals surface area (Å²) in [6.07, 6.45) is 0.479. The zero-order chi connectivity index (χ0) is 15.6. The Hall–Kier alpha value is -1.64. The van der Waals surface area contributed by atoms with Crippen LogP contribution in [-0.2, 0) is 9.59 Å². The van der Waals surface area contributed by atoms with Crippen LogP contribution in [0.2, 0.25) is 0 Å². The Morgan fingerprint density at radius 1 is 1.33 bits per heavy atom. The van der Waals surface area contributed by atoms with Crippen molar-refractivity contribution in [3.8, 4) is 0 Å². The topological polar surface area (TPSA) is 78.5 Å². The Labute approximate surface area is 136 Å². The van der Waals surface area contributed by atoms with Gasteiger partial charge in [0.2, 0.25) is 5.91 Å². The first-order valence-corrected chi connectivity index (χ1v) is 7.63. The Morgan fingerprint density at radius 3 is 2.48 bits per heavy atom. The molecule has 2 N–H and O–H groups in total. The van der Waals surface area contributed by atoms with E-state index in [1.165, 1.54) is 0 Å². The molecule has 1 saturated heterocycles. The molecule has 112 valence electrons. The van der Waals surface area contributed by atoms with E-state index in [0.29, 0.717) is 12.1 Å². The molecule has 0 aliphatic carbocycles. The summed E-state index contributed by atoms with van der Waals surface area (Å²) in [5.41, 5.74) is -0.286. The van der Waals surface area contributed by atoms with Crippen molar-refractivity contribution in [3.05, 3.63) is 27.8 Å². The minimum Gasteiger partial charge on any atom is -0.325 e. The SMILES string of the molecule is CC[C@@]1(C)NC(=O)N(CC(=O)Nc2ccc(I)cc2)C1=O. The molecule has 1 aromatic rings. The first-order chi connectivity index (χ1) is 9.85. The van der Waals surface area contributed by atoms with Gasteiger partial charge in [-0.1, -0.05) is 6.92 Å². The van der Waals surface area contributed by atoms with Gasteiger partial charge in [-0.3, -0.25) is 14.5 Å². The van der Waals surface area contributed by atoms with E-state index in [1.807, 2.05) is 19.1 Å². The van der Waals surface area contributed by atoms with Crippen LogP contribution in [0.1, 0.15) is 20.3 Å². The van der Waals surface area contributed by atoms with Gasteiger partial charge in [0.05, 0.1) is 0 Å². The summed E-state index contributed by atoms with van der Waals surface area (Å²) in [7, 11) is 0. The molecule has 1 aliphatic rings. The number of hydrogen-bond acceptors (Lipinski definition) is 3. The summed E-state index contributed by atoms with van der Waals surface area (Å²) in [5.74, 6) is -0.771. The maximum absolute atomic E-state index is 12.2. The van der Waals surface area contributed by atoms with Crippen LogP contribution in [0, 0.1) is 3.57 Å². The van der Waals surface area contributed by atoms with Crippen LogP contribution in [0.15, 0.2) is 24.3 Å². The van der Waals surface area contributed by atoms with Crippen LogP contribution >= 0.6 is 22.6 Å². The normalized spacial score (nSPS) is 21.4. The van der Waals surface area contributed by atoms with Gasteiger partial charge in [0, 0.05) is 9.26 Å². The van der Waals surface area contributed by atoms with Gasteiger partial charge in [0.1, 0.15) is 12.1 Å². The number of urea groups is 1. The minimum absolute atomic E-state index is 0.285. The number of hydrogen-bond donors (Lipinski definition) is 2. The smallest absolute Gasteiger partial charge is 0.325 e. The summed E-state index contributed by atoms with van der Waals surface area (Å²) in [6.45, 7) is 3.18. The van der Waals surface area contributed by atoms with Crippen molar-refractivity contribution in [1.29, 1.82) is 0 Å². The standard InChI is InChI=1S/C14H16IN3O3/c1-3-14(2)12(20)18(13(21)17-14)8-11(19)16-10-6-4-9(15)5-7-10/h4-7H,3,8H2,1-2H3,(H,16,19)(H,17,21)/t14-/m1/s1. The highest BCUT2D eigenvalue weighted by molar-refractivity contribution is 14.1. The van der Waals surface area contributed by atoms with Crippen LogP contribution in [0.5, 0.6) is 0 Å². The summed E-state index contributed by atoms with van der Waals surface area (Å²) in [5, 5.41) is 5.28. The number of halogens is 1. The van der Waals surface area contributed by atoms with E-state index in [1.54, 1.807) is 19.1 Å². The number of imide groups is 1. The highest BCUT2D eigenvalue weighted by Gasteiger charge is 2.46. The number of carbonyl (C=O) groups is 3. The lowest BCUT2D eigenvalue weighted by Gasteiger charge is -2.19. The number of benzene rings is 1. The van der Waals surface area contributed by atoms with Crippen LogP contribution in [0.25, 0.3) is 0 Å². The van der Waals surface area contributed by atoms with Crippen molar-refractivity contribution in [2.24, 2.45) is 0 Å². The van der Waals surface area contributed by atoms with Crippen molar-refractivity contribution >= 4 is 46.1 Å². The second kappa shape index (κ2) is 6.00. The number of rotatable bonds is 4. The quantitative estimate of drug-likeness (QED) is 0.598. The van der Waals surface area contributed by atoms with Gasteiger partial charge >= 0.3 is 6.03 Å². The molecule has 2 rings (SSSR count). The Balaban J connectivity index is 2.01. The maximum atomic E-state index is 12.2. The predicted molar refractivity (Wildman–Crippen MR) is 86.7 cm³/mol. The van der Waals surface area contributed by atoms with Gasteiger partial charge in [-0.15, -0.1) is 0 Å². The Morgan fingerprint density at radius 2 is 1.95 bits per heavy atom. The minimum atomic E-state index is -0.916. The van der Waals surface area contributed by atoms with Crippen molar-refractivity contribution in [2.75, 3.05) is 11.9 Å². The van der Waals surface area contributed by atoms with Crippen molar-refractivity contribution in [3.63, 3.8) is 0 Å². The van der Waals surface area contributed by atoms with Gasteiger partial charge in [-0.2, -0.15) is 0 Å². The van der Waals surface area contributed by atoms with Crippen LogP contribution in [0.4, 0.5) is 10.5 Å². The molecule has 1 aliphatic heterocycles. The average molecular weight is 401 g/mol. The van der Waals surface area contributed by atoms with E-state index in [0.717, 1.165) is 8.47 Å². The first-order valence-electron chi connectivity index (χ1n) is 6.55. The number of carbonyl (C=O) groups excluding carboxylic acids is 3. The van der Waals surface area contributed by atoms with Gasteiger partial charge in [-0.25, -0.2) is 4.79 Å².